The van der Waals surface area contributed by atoms with Crippen LogP contribution in [0.3, 0.4) is 0 Å². The standard InChI is InChI=1S/C21H18FN3O2S/c1-4-26-17-9-23-18-12(5-10(2)6-15(18)24-17)21-25-16-8-14(22)19-13(20(16)28-21)7-11(3)27-19/h5-6,8-9,11H,4,7H2,1-3H3/t11-/m1/s1. The molecule has 0 saturated carbocycles. The van der Waals surface area contributed by atoms with Gasteiger partial charge in [-0.3, -0.25) is 0 Å². The molecule has 142 valence electrons. The Labute approximate surface area is 165 Å². The van der Waals surface area contributed by atoms with E-state index >= 15 is 0 Å². The summed E-state index contributed by atoms with van der Waals surface area (Å²) in [5, 5.41) is 0.800. The minimum Gasteiger partial charge on any atom is -0.487 e. The summed E-state index contributed by atoms with van der Waals surface area (Å²) >= 11 is 1.55. The van der Waals surface area contributed by atoms with Crippen molar-refractivity contribution in [2.24, 2.45) is 0 Å². The van der Waals surface area contributed by atoms with Gasteiger partial charge in [-0.1, -0.05) is 0 Å². The lowest BCUT2D eigenvalue weighted by Gasteiger charge is -2.07. The van der Waals surface area contributed by atoms with Crippen LogP contribution in [0.2, 0.25) is 0 Å². The van der Waals surface area contributed by atoms with E-state index in [-0.39, 0.29) is 11.9 Å². The van der Waals surface area contributed by atoms with Gasteiger partial charge in [-0.2, -0.15) is 0 Å². The number of nitrogens with zero attached hydrogens (tertiary/aromatic N) is 3. The molecule has 0 bridgehead atoms. The van der Waals surface area contributed by atoms with Gasteiger partial charge < -0.3 is 9.47 Å². The van der Waals surface area contributed by atoms with Crippen LogP contribution in [0.25, 0.3) is 31.8 Å². The summed E-state index contributed by atoms with van der Waals surface area (Å²) < 4.78 is 26.6. The molecule has 7 heteroatoms. The minimum atomic E-state index is -0.348. The molecule has 0 N–H and O–H groups in total. The van der Waals surface area contributed by atoms with Gasteiger partial charge in [0.2, 0.25) is 5.88 Å². The average molecular weight is 395 g/mol. The number of thiazole rings is 1. The summed E-state index contributed by atoms with van der Waals surface area (Å²) in [5.41, 5.74) is 5.03. The second kappa shape index (κ2) is 6.38. The highest BCUT2D eigenvalue weighted by molar-refractivity contribution is 7.22. The van der Waals surface area contributed by atoms with E-state index in [4.69, 9.17) is 14.5 Å². The summed E-state index contributed by atoms with van der Waals surface area (Å²) in [7, 11) is 0. The van der Waals surface area contributed by atoms with E-state index in [0.717, 1.165) is 37.4 Å². The lowest BCUT2D eigenvalue weighted by molar-refractivity contribution is 0.245. The molecule has 2 aromatic carbocycles. The Morgan fingerprint density at radius 1 is 1.25 bits per heavy atom. The number of rotatable bonds is 3. The summed E-state index contributed by atoms with van der Waals surface area (Å²) in [6.07, 6.45) is 2.30. The molecule has 1 atom stereocenters. The van der Waals surface area contributed by atoms with Crippen LogP contribution in [0.1, 0.15) is 25.0 Å². The van der Waals surface area contributed by atoms with Crippen LogP contribution in [0.4, 0.5) is 4.39 Å². The Morgan fingerprint density at radius 3 is 2.93 bits per heavy atom. The predicted octanol–water partition coefficient (Wildman–Crippen LogP) is 5.08. The van der Waals surface area contributed by atoms with Crippen LogP contribution >= 0.6 is 11.3 Å². The molecule has 4 aromatic rings. The third-order valence-electron chi connectivity index (χ3n) is 4.78. The number of aryl methyl sites for hydroxylation is 1. The SMILES string of the molecule is CCOc1cnc2c(-c3nc4cc(F)c5c(c4s3)C[C@@H](C)O5)cc(C)cc2n1. The van der Waals surface area contributed by atoms with Crippen molar-refractivity contribution in [1.82, 2.24) is 15.0 Å². The average Bonchev–Trinajstić information content (AvgIpc) is 3.24. The number of hydrogen-bond donors (Lipinski definition) is 0. The summed E-state index contributed by atoms with van der Waals surface area (Å²) in [6.45, 7) is 6.41. The highest BCUT2D eigenvalue weighted by atomic mass is 32.1. The molecule has 3 heterocycles. The molecule has 2 aromatic heterocycles. The molecule has 28 heavy (non-hydrogen) atoms. The molecule has 0 amide bonds. The van der Waals surface area contributed by atoms with Gasteiger partial charge in [0.05, 0.1) is 34.1 Å². The quantitative estimate of drug-likeness (QED) is 0.484. The summed E-state index contributed by atoms with van der Waals surface area (Å²) in [5.74, 6) is 0.520. The van der Waals surface area contributed by atoms with E-state index in [2.05, 4.69) is 9.97 Å². The predicted molar refractivity (Wildman–Crippen MR) is 108 cm³/mol. The van der Waals surface area contributed by atoms with Crippen LogP contribution < -0.4 is 9.47 Å². The number of fused-ring (bicyclic) bond motifs is 4. The van der Waals surface area contributed by atoms with E-state index in [1.54, 1.807) is 17.5 Å². The number of halogens is 1. The van der Waals surface area contributed by atoms with Crippen LogP contribution in [0, 0.1) is 12.7 Å². The fourth-order valence-electron chi connectivity index (χ4n) is 3.67. The molecule has 0 aliphatic carbocycles. The topological polar surface area (TPSA) is 57.1 Å². The van der Waals surface area contributed by atoms with Crippen molar-refractivity contribution < 1.29 is 13.9 Å². The first kappa shape index (κ1) is 17.3. The Morgan fingerprint density at radius 2 is 2.11 bits per heavy atom. The van der Waals surface area contributed by atoms with Crippen LogP contribution in [0.15, 0.2) is 24.4 Å². The molecular formula is C21H18FN3O2S. The Balaban J connectivity index is 1.72. The van der Waals surface area contributed by atoms with Gasteiger partial charge in [0, 0.05) is 23.6 Å². The number of hydrogen-bond acceptors (Lipinski definition) is 6. The van der Waals surface area contributed by atoms with Crippen molar-refractivity contribution in [1.29, 1.82) is 0 Å². The van der Waals surface area contributed by atoms with E-state index in [9.17, 15) is 4.39 Å². The van der Waals surface area contributed by atoms with Gasteiger partial charge in [-0.05, 0) is 38.5 Å². The van der Waals surface area contributed by atoms with Crippen LogP contribution in [-0.2, 0) is 6.42 Å². The van der Waals surface area contributed by atoms with Gasteiger partial charge in [0.25, 0.3) is 0 Å². The zero-order valence-electron chi connectivity index (χ0n) is 15.7. The Bertz CT molecular complexity index is 1240. The third-order valence-corrected chi connectivity index (χ3v) is 5.95. The monoisotopic (exact) mass is 395 g/mol. The van der Waals surface area contributed by atoms with E-state index < -0.39 is 0 Å². The maximum Gasteiger partial charge on any atom is 0.232 e. The zero-order chi connectivity index (χ0) is 19.4. The molecule has 1 aliphatic heterocycles. The van der Waals surface area contributed by atoms with Crippen LogP contribution in [-0.4, -0.2) is 27.7 Å². The van der Waals surface area contributed by atoms with Crippen molar-refractivity contribution in [3.05, 3.63) is 41.3 Å². The molecule has 0 radical (unpaired) electrons. The molecule has 5 nitrogen and oxygen atoms in total. The first-order valence-corrected chi connectivity index (χ1v) is 10.0. The van der Waals surface area contributed by atoms with Gasteiger partial charge in [-0.15, -0.1) is 11.3 Å². The number of aromatic nitrogens is 3. The second-order valence-electron chi connectivity index (χ2n) is 6.99. The van der Waals surface area contributed by atoms with Crippen LogP contribution in [0.5, 0.6) is 11.6 Å². The van der Waals surface area contributed by atoms with Gasteiger partial charge in [0.15, 0.2) is 11.6 Å². The maximum atomic E-state index is 14.4. The molecular weight excluding hydrogens is 377 g/mol. The molecule has 0 fully saturated rings. The summed E-state index contributed by atoms with van der Waals surface area (Å²) in [4.78, 5) is 13.9. The molecule has 1 aliphatic rings. The lowest BCUT2D eigenvalue weighted by atomic mass is 10.1. The van der Waals surface area contributed by atoms with E-state index in [1.807, 2.05) is 32.9 Å². The molecule has 0 unspecified atom stereocenters. The van der Waals surface area contributed by atoms with Gasteiger partial charge in [-0.25, -0.2) is 19.3 Å². The highest BCUT2D eigenvalue weighted by Gasteiger charge is 2.27. The zero-order valence-corrected chi connectivity index (χ0v) is 16.6. The van der Waals surface area contributed by atoms with E-state index in [1.165, 1.54) is 6.07 Å². The normalized spacial score (nSPS) is 15.8. The fourth-order valence-corrected chi connectivity index (χ4v) is 4.78. The van der Waals surface area contributed by atoms with Crippen molar-refractivity contribution in [2.45, 2.75) is 33.3 Å². The fraction of sp³-hybridized carbons (Fsp3) is 0.286. The second-order valence-corrected chi connectivity index (χ2v) is 7.99. The number of ether oxygens (including phenoxy) is 2. The smallest absolute Gasteiger partial charge is 0.232 e. The first-order chi connectivity index (χ1) is 13.5. The molecule has 5 rings (SSSR count). The molecule has 0 spiro atoms. The number of benzene rings is 2. The lowest BCUT2D eigenvalue weighted by Crippen LogP contribution is -2.05. The third kappa shape index (κ3) is 2.69. The van der Waals surface area contributed by atoms with E-state index in [0.29, 0.717) is 30.2 Å². The maximum absolute atomic E-state index is 14.4. The van der Waals surface area contributed by atoms with Crippen molar-refractivity contribution in [2.75, 3.05) is 6.61 Å². The Kier molecular flexibility index (Phi) is 3.94. The highest BCUT2D eigenvalue weighted by Crippen LogP contribution is 2.43. The van der Waals surface area contributed by atoms with Gasteiger partial charge >= 0.3 is 0 Å². The Hall–Kier alpha value is -2.80. The van der Waals surface area contributed by atoms with Crippen molar-refractivity contribution in [3.8, 4) is 22.2 Å². The molecule has 0 saturated heterocycles. The summed E-state index contributed by atoms with van der Waals surface area (Å²) in [6, 6.07) is 5.49. The van der Waals surface area contributed by atoms with Crippen molar-refractivity contribution in [3.63, 3.8) is 0 Å². The minimum absolute atomic E-state index is 0.0247. The largest absolute Gasteiger partial charge is 0.487 e. The van der Waals surface area contributed by atoms with Gasteiger partial charge in [0.1, 0.15) is 11.1 Å². The van der Waals surface area contributed by atoms with Crippen molar-refractivity contribution >= 4 is 32.6 Å². The first-order valence-electron chi connectivity index (χ1n) is 9.22.